The fourth-order valence-corrected chi connectivity index (χ4v) is 2.62. The van der Waals surface area contributed by atoms with E-state index in [0.29, 0.717) is 5.15 Å². The van der Waals surface area contributed by atoms with Gasteiger partial charge in [0, 0.05) is 22.5 Å². The number of benzene rings is 1. The van der Waals surface area contributed by atoms with Gasteiger partial charge in [0.15, 0.2) is 0 Å². The maximum atomic E-state index is 9.56. The molecule has 2 aromatic heterocycles. The van der Waals surface area contributed by atoms with Crippen molar-refractivity contribution in [3.8, 4) is 5.69 Å². The lowest BCUT2D eigenvalue weighted by atomic mass is 10.2. The molecule has 0 aliphatic heterocycles. The maximum absolute atomic E-state index is 9.56. The molecular formula is C15H13ClN2O. The SMILES string of the molecule is Cc1cc2c(cc(CO)n2-c2ccccc2)c(Cl)n1. The van der Waals surface area contributed by atoms with Crippen molar-refractivity contribution < 1.29 is 5.11 Å². The summed E-state index contributed by atoms with van der Waals surface area (Å²) in [5.41, 5.74) is 3.63. The topological polar surface area (TPSA) is 38.0 Å². The largest absolute Gasteiger partial charge is 0.390 e. The molecule has 0 amide bonds. The summed E-state index contributed by atoms with van der Waals surface area (Å²) in [4.78, 5) is 4.25. The summed E-state index contributed by atoms with van der Waals surface area (Å²) < 4.78 is 2.01. The fraction of sp³-hybridized carbons (Fsp3) is 0.133. The summed E-state index contributed by atoms with van der Waals surface area (Å²) in [6.07, 6.45) is 0. The molecule has 0 saturated heterocycles. The Kier molecular flexibility index (Phi) is 3.01. The van der Waals surface area contributed by atoms with E-state index < -0.39 is 0 Å². The first-order valence-corrected chi connectivity index (χ1v) is 6.42. The van der Waals surface area contributed by atoms with Gasteiger partial charge in [0.05, 0.1) is 12.1 Å². The van der Waals surface area contributed by atoms with E-state index in [2.05, 4.69) is 4.98 Å². The molecular weight excluding hydrogens is 260 g/mol. The first-order chi connectivity index (χ1) is 9.20. The van der Waals surface area contributed by atoms with Crippen LogP contribution in [0, 0.1) is 6.92 Å². The van der Waals surface area contributed by atoms with Crippen LogP contribution in [-0.4, -0.2) is 14.7 Å². The van der Waals surface area contributed by atoms with Crippen LogP contribution < -0.4 is 0 Å². The lowest BCUT2D eigenvalue weighted by Crippen LogP contribution is -1.99. The molecule has 0 unspecified atom stereocenters. The van der Waals surface area contributed by atoms with Crippen LogP contribution in [0.25, 0.3) is 16.6 Å². The number of aliphatic hydroxyl groups is 1. The predicted octanol–water partition coefficient (Wildman–Crippen LogP) is 3.48. The van der Waals surface area contributed by atoms with E-state index >= 15 is 0 Å². The van der Waals surface area contributed by atoms with Crippen molar-refractivity contribution >= 4 is 22.5 Å². The number of hydrogen-bond donors (Lipinski definition) is 1. The maximum Gasteiger partial charge on any atom is 0.138 e. The molecule has 0 bridgehead atoms. The van der Waals surface area contributed by atoms with E-state index in [1.54, 1.807) is 0 Å². The number of para-hydroxylation sites is 1. The monoisotopic (exact) mass is 272 g/mol. The van der Waals surface area contributed by atoms with Crippen molar-refractivity contribution in [3.63, 3.8) is 0 Å². The molecule has 3 rings (SSSR count). The second-order valence-electron chi connectivity index (χ2n) is 4.45. The van der Waals surface area contributed by atoms with Crippen molar-refractivity contribution in [2.24, 2.45) is 0 Å². The number of nitrogens with zero attached hydrogens (tertiary/aromatic N) is 2. The highest BCUT2D eigenvalue weighted by molar-refractivity contribution is 6.34. The minimum absolute atomic E-state index is 0.0427. The standard InChI is InChI=1S/C15H13ClN2O/c1-10-7-14-13(15(16)17-10)8-12(9-19)18(14)11-5-3-2-4-6-11/h2-8,19H,9H2,1H3. The van der Waals surface area contributed by atoms with E-state index in [-0.39, 0.29) is 6.61 Å². The molecule has 19 heavy (non-hydrogen) atoms. The Hall–Kier alpha value is -1.84. The third-order valence-corrected chi connectivity index (χ3v) is 3.42. The van der Waals surface area contributed by atoms with E-state index in [0.717, 1.165) is 28.0 Å². The Morgan fingerprint density at radius 1 is 1.21 bits per heavy atom. The zero-order valence-corrected chi connectivity index (χ0v) is 11.2. The Balaban J connectivity index is 2.39. The molecule has 4 heteroatoms. The molecule has 1 aromatic carbocycles. The van der Waals surface area contributed by atoms with Crippen molar-refractivity contribution in [1.82, 2.24) is 9.55 Å². The number of hydrogen-bond acceptors (Lipinski definition) is 2. The Labute approximate surface area is 116 Å². The number of halogens is 1. The van der Waals surface area contributed by atoms with Crippen LogP contribution in [0.15, 0.2) is 42.5 Å². The van der Waals surface area contributed by atoms with Gasteiger partial charge in [0.1, 0.15) is 5.15 Å². The fourth-order valence-electron chi connectivity index (χ4n) is 2.33. The predicted molar refractivity (Wildman–Crippen MR) is 76.7 cm³/mol. The average Bonchev–Trinajstić information content (AvgIpc) is 2.78. The summed E-state index contributed by atoms with van der Waals surface area (Å²) in [7, 11) is 0. The smallest absolute Gasteiger partial charge is 0.138 e. The number of aromatic nitrogens is 2. The lowest BCUT2D eigenvalue weighted by molar-refractivity contribution is 0.275. The van der Waals surface area contributed by atoms with Gasteiger partial charge < -0.3 is 9.67 Å². The number of rotatable bonds is 2. The van der Waals surface area contributed by atoms with Crippen LogP contribution >= 0.6 is 11.6 Å². The Morgan fingerprint density at radius 3 is 2.63 bits per heavy atom. The van der Waals surface area contributed by atoms with Gasteiger partial charge in [0.25, 0.3) is 0 Å². The summed E-state index contributed by atoms with van der Waals surface area (Å²) in [5, 5.41) is 10.9. The minimum atomic E-state index is -0.0427. The Morgan fingerprint density at radius 2 is 1.95 bits per heavy atom. The van der Waals surface area contributed by atoms with Crippen LogP contribution in [0.5, 0.6) is 0 Å². The molecule has 0 fully saturated rings. The third kappa shape index (κ3) is 2.01. The number of fused-ring (bicyclic) bond motifs is 1. The normalized spacial score (nSPS) is 11.1. The van der Waals surface area contributed by atoms with E-state index in [9.17, 15) is 5.11 Å². The number of aryl methyl sites for hydroxylation is 1. The summed E-state index contributed by atoms with van der Waals surface area (Å²) in [5.74, 6) is 0. The van der Waals surface area contributed by atoms with Crippen LogP contribution in [0.3, 0.4) is 0 Å². The third-order valence-electron chi connectivity index (χ3n) is 3.13. The van der Waals surface area contributed by atoms with Gasteiger partial charge >= 0.3 is 0 Å². The second-order valence-corrected chi connectivity index (χ2v) is 4.81. The zero-order valence-electron chi connectivity index (χ0n) is 10.5. The average molecular weight is 273 g/mol. The molecule has 3 aromatic rings. The summed E-state index contributed by atoms with van der Waals surface area (Å²) >= 11 is 6.19. The number of pyridine rings is 1. The van der Waals surface area contributed by atoms with Crippen molar-refractivity contribution in [3.05, 3.63) is 59.0 Å². The highest BCUT2D eigenvalue weighted by atomic mass is 35.5. The van der Waals surface area contributed by atoms with Gasteiger partial charge in [-0.1, -0.05) is 29.8 Å². The second kappa shape index (κ2) is 4.68. The molecule has 96 valence electrons. The van der Waals surface area contributed by atoms with Crippen molar-refractivity contribution in [2.45, 2.75) is 13.5 Å². The van der Waals surface area contributed by atoms with Crippen LogP contribution in [0.1, 0.15) is 11.4 Å². The molecule has 1 N–H and O–H groups in total. The van der Waals surface area contributed by atoms with Crippen molar-refractivity contribution in [1.29, 1.82) is 0 Å². The molecule has 0 atom stereocenters. The highest BCUT2D eigenvalue weighted by Gasteiger charge is 2.13. The molecule has 0 aliphatic rings. The highest BCUT2D eigenvalue weighted by Crippen LogP contribution is 2.29. The molecule has 3 nitrogen and oxygen atoms in total. The van der Waals surface area contributed by atoms with Gasteiger partial charge in [-0.15, -0.1) is 0 Å². The van der Waals surface area contributed by atoms with Gasteiger partial charge in [-0.3, -0.25) is 0 Å². The van der Waals surface area contributed by atoms with Crippen LogP contribution in [0.2, 0.25) is 5.15 Å². The van der Waals surface area contributed by atoms with E-state index in [4.69, 9.17) is 11.6 Å². The summed E-state index contributed by atoms with van der Waals surface area (Å²) in [6.45, 7) is 1.87. The quantitative estimate of drug-likeness (QED) is 0.725. The molecule has 0 radical (unpaired) electrons. The Bertz CT molecular complexity index is 735. The number of aliphatic hydroxyl groups excluding tert-OH is 1. The first-order valence-electron chi connectivity index (χ1n) is 6.04. The van der Waals surface area contributed by atoms with Gasteiger partial charge in [0.2, 0.25) is 0 Å². The van der Waals surface area contributed by atoms with Gasteiger partial charge in [-0.25, -0.2) is 4.98 Å². The minimum Gasteiger partial charge on any atom is -0.390 e. The zero-order chi connectivity index (χ0) is 13.4. The first kappa shape index (κ1) is 12.2. The van der Waals surface area contributed by atoms with Crippen LogP contribution in [-0.2, 0) is 6.61 Å². The molecule has 0 aliphatic carbocycles. The lowest BCUT2D eigenvalue weighted by Gasteiger charge is -2.09. The van der Waals surface area contributed by atoms with E-state index in [1.165, 1.54) is 0 Å². The molecule has 2 heterocycles. The van der Waals surface area contributed by atoms with Gasteiger partial charge in [-0.2, -0.15) is 0 Å². The van der Waals surface area contributed by atoms with E-state index in [1.807, 2.05) is 54.0 Å². The van der Waals surface area contributed by atoms with Crippen LogP contribution in [0.4, 0.5) is 0 Å². The molecule has 0 spiro atoms. The van der Waals surface area contributed by atoms with Gasteiger partial charge in [-0.05, 0) is 31.2 Å². The molecule has 0 saturated carbocycles. The van der Waals surface area contributed by atoms with Crippen molar-refractivity contribution in [2.75, 3.05) is 0 Å². The summed E-state index contributed by atoms with van der Waals surface area (Å²) in [6, 6.07) is 13.8.